The Morgan fingerprint density at radius 2 is 2.04 bits per heavy atom. The summed E-state index contributed by atoms with van der Waals surface area (Å²) in [6, 6.07) is 3.74. The average molecular weight is 333 g/mol. The van der Waals surface area contributed by atoms with E-state index in [9.17, 15) is 4.79 Å². The molecule has 0 saturated carbocycles. The minimum atomic E-state index is 0.0290. The van der Waals surface area contributed by atoms with Gasteiger partial charge in [0.05, 0.1) is 0 Å². The van der Waals surface area contributed by atoms with Gasteiger partial charge in [0.15, 0.2) is 0 Å². The molecule has 0 spiro atoms. The van der Waals surface area contributed by atoms with Crippen LogP contribution in [0.4, 0.5) is 5.13 Å². The highest BCUT2D eigenvalue weighted by molar-refractivity contribution is 7.17. The van der Waals surface area contributed by atoms with Gasteiger partial charge in [-0.3, -0.25) is 9.36 Å². The van der Waals surface area contributed by atoms with Gasteiger partial charge in [-0.1, -0.05) is 24.7 Å². The highest BCUT2D eigenvalue weighted by atomic mass is 32.1. The molecule has 1 aliphatic rings. The van der Waals surface area contributed by atoms with Crippen molar-refractivity contribution in [3.05, 3.63) is 24.0 Å². The van der Waals surface area contributed by atoms with E-state index in [2.05, 4.69) is 22.0 Å². The molecule has 1 fully saturated rings. The van der Waals surface area contributed by atoms with Crippen LogP contribution in [0.3, 0.4) is 0 Å². The van der Waals surface area contributed by atoms with Crippen LogP contribution in [0.1, 0.15) is 43.1 Å². The Balaban J connectivity index is 1.79. The minimum Gasteiger partial charge on any atom is -0.347 e. The molecule has 6 nitrogen and oxygen atoms in total. The third kappa shape index (κ3) is 3.39. The molecule has 0 aliphatic carbocycles. The normalized spacial score (nSPS) is 14.4. The Labute approximate surface area is 140 Å². The van der Waals surface area contributed by atoms with Crippen molar-refractivity contribution in [2.24, 2.45) is 0 Å². The Bertz CT molecular complexity index is 659. The zero-order valence-corrected chi connectivity index (χ0v) is 14.6. The van der Waals surface area contributed by atoms with Crippen LogP contribution < -0.4 is 4.90 Å². The van der Waals surface area contributed by atoms with Gasteiger partial charge >= 0.3 is 0 Å². The Morgan fingerprint density at radius 1 is 1.30 bits per heavy atom. The van der Waals surface area contributed by atoms with Crippen molar-refractivity contribution in [3.8, 4) is 5.13 Å². The van der Waals surface area contributed by atoms with E-state index in [1.54, 1.807) is 16.2 Å². The van der Waals surface area contributed by atoms with Crippen LogP contribution >= 0.6 is 11.3 Å². The number of rotatable bonds is 6. The van der Waals surface area contributed by atoms with Gasteiger partial charge in [-0.25, -0.2) is 0 Å². The topological polar surface area (TPSA) is 54.3 Å². The lowest BCUT2D eigenvalue weighted by molar-refractivity contribution is 0.0785. The van der Waals surface area contributed by atoms with Crippen LogP contribution in [-0.4, -0.2) is 52.3 Å². The molecule has 0 unspecified atom stereocenters. The smallest absolute Gasteiger partial charge is 0.270 e. The lowest BCUT2D eigenvalue weighted by Crippen LogP contribution is -2.29. The van der Waals surface area contributed by atoms with E-state index in [0.717, 1.165) is 42.7 Å². The molecule has 0 aromatic carbocycles. The van der Waals surface area contributed by atoms with Gasteiger partial charge in [0.1, 0.15) is 5.69 Å². The first-order valence-corrected chi connectivity index (χ1v) is 9.04. The molecular formula is C16H23N5OS. The van der Waals surface area contributed by atoms with E-state index in [0.29, 0.717) is 5.69 Å². The molecule has 3 heterocycles. The summed E-state index contributed by atoms with van der Waals surface area (Å²) in [4.78, 5) is 16.7. The van der Waals surface area contributed by atoms with Crippen molar-refractivity contribution in [2.75, 3.05) is 31.6 Å². The van der Waals surface area contributed by atoms with Crippen molar-refractivity contribution >= 4 is 22.4 Å². The van der Waals surface area contributed by atoms with Gasteiger partial charge < -0.3 is 9.80 Å². The average Bonchev–Trinajstić information content (AvgIpc) is 3.31. The van der Waals surface area contributed by atoms with Crippen LogP contribution in [0, 0.1) is 0 Å². The van der Waals surface area contributed by atoms with E-state index in [-0.39, 0.29) is 5.91 Å². The first kappa shape index (κ1) is 16.0. The third-order valence-electron chi connectivity index (χ3n) is 4.15. The molecule has 1 saturated heterocycles. The summed E-state index contributed by atoms with van der Waals surface area (Å²) in [5.74, 6) is 0.0290. The van der Waals surface area contributed by atoms with Gasteiger partial charge in [0.25, 0.3) is 5.91 Å². The number of nitrogens with zero attached hydrogens (tertiary/aromatic N) is 5. The summed E-state index contributed by atoms with van der Waals surface area (Å²) >= 11 is 1.54. The highest BCUT2D eigenvalue weighted by Crippen LogP contribution is 2.27. The molecule has 0 bridgehead atoms. The van der Waals surface area contributed by atoms with E-state index in [1.165, 1.54) is 12.8 Å². The van der Waals surface area contributed by atoms with Gasteiger partial charge in [-0.05, 0) is 31.4 Å². The number of anilines is 1. The summed E-state index contributed by atoms with van der Waals surface area (Å²) in [6.45, 7) is 5.00. The van der Waals surface area contributed by atoms with Gasteiger partial charge in [0, 0.05) is 32.9 Å². The van der Waals surface area contributed by atoms with Crippen LogP contribution in [0.15, 0.2) is 18.3 Å². The summed E-state index contributed by atoms with van der Waals surface area (Å²) in [5, 5.41) is 10.3. The van der Waals surface area contributed by atoms with Crippen LogP contribution in [-0.2, 0) is 0 Å². The molecule has 0 atom stereocenters. The molecule has 1 amide bonds. The first-order valence-electron chi connectivity index (χ1n) is 8.22. The fraction of sp³-hybridized carbons (Fsp3) is 0.562. The number of unbranched alkanes of at least 4 members (excludes halogenated alkanes) is 1. The van der Waals surface area contributed by atoms with Crippen molar-refractivity contribution in [1.82, 2.24) is 19.7 Å². The summed E-state index contributed by atoms with van der Waals surface area (Å²) in [7, 11) is 1.85. The molecule has 3 rings (SSSR count). The minimum absolute atomic E-state index is 0.0290. The third-order valence-corrected chi connectivity index (χ3v) is 5.13. The second kappa shape index (κ2) is 7.12. The maximum absolute atomic E-state index is 12.6. The number of hydrogen-bond donors (Lipinski definition) is 0. The fourth-order valence-electron chi connectivity index (χ4n) is 2.76. The second-order valence-electron chi connectivity index (χ2n) is 5.91. The molecule has 0 N–H and O–H groups in total. The Kier molecular flexibility index (Phi) is 4.95. The van der Waals surface area contributed by atoms with Gasteiger partial charge in [-0.15, -0.1) is 10.2 Å². The van der Waals surface area contributed by atoms with Crippen molar-refractivity contribution < 1.29 is 4.79 Å². The lowest BCUT2D eigenvalue weighted by atomic mass is 10.3. The maximum atomic E-state index is 12.6. The van der Waals surface area contributed by atoms with Gasteiger partial charge in [-0.2, -0.15) is 0 Å². The SMILES string of the molecule is CCCCN(C)C(=O)c1cccn1-c1nnc(N2CCCC2)s1. The van der Waals surface area contributed by atoms with E-state index >= 15 is 0 Å². The van der Waals surface area contributed by atoms with Crippen LogP contribution in [0.2, 0.25) is 0 Å². The fourth-order valence-corrected chi connectivity index (χ4v) is 3.65. The molecule has 0 radical (unpaired) electrons. The number of hydrogen-bond acceptors (Lipinski definition) is 5. The largest absolute Gasteiger partial charge is 0.347 e. The maximum Gasteiger partial charge on any atom is 0.270 e. The highest BCUT2D eigenvalue weighted by Gasteiger charge is 2.21. The zero-order chi connectivity index (χ0) is 16.2. The lowest BCUT2D eigenvalue weighted by Gasteiger charge is -2.17. The van der Waals surface area contributed by atoms with Crippen LogP contribution in [0.5, 0.6) is 0 Å². The first-order chi connectivity index (χ1) is 11.2. The molecule has 23 heavy (non-hydrogen) atoms. The summed E-state index contributed by atoms with van der Waals surface area (Å²) in [6.07, 6.45) is 6.40. The predicted molar refractivity (Wildman–Crippen MR) is 92.6 cm³/mol. The summed E-state index contributed by atoms with van der Waals surface area (Å²) < 4.78 is 1.85. The monoisotopic (exact) mass is 333 g/mol. The standard InChI is InChI=1S/C16H23N5OS/c1-3-4-9-19(2)14(22)13-8-7-12-21(13)16-18-17-15(23-16)20-10-5-6-11-20/h7-8,12H,3-6,9-11H2,1-2H3. The van der Waals surface area contributed by atoms with Crippen molar-refractivity contribution in [2.45, 2.75) is 32.6 Å². The van der Waals surface area contributed by atoms with E-state index in [4.69, 9.17) is 0 Å². The Hall–Kier alpha value is -1.89. The molecule has 2 aromatic heterocycles. The molecule has 2 aromatic rings. The van der Waals surface area contributed by atoms with Crippen molar-refractivity contribution in [1.29, 1.82) is 0 Å². The quantitative estimate of drug-likeness (QED) is 0.816. The molecule has 124 valence electrons. The number of aromatic nitrogens is 3. The zero-order valence-electron chi connectivity index (χ0n) is 13.7. The molecule has 1 aliphatic heterocycles. The Morgan fingerprint density at radius 3 is 2.78 bits per heavy atom. The number of carbonyl (C=O) groups excluding carboxylic acids is 1. The summed E-state index contributed by atoms with van der Waals surface area (Å²) in [5.41, 5.74) is 0.646. The number of carbonyl (C=O) groups is 1. The van der Waals surface area contributed by atoms with E-state index < -0.39 is 0 Å². The molecule has 7 heteroatoms. The predicted octanol–water partition coefficient (Wildman–Crippen LogP) is 2.80. The van der Waals surface area contributed by atoms with Crippen LogP contribution in [0.25, 0.3) is 5.13 Å². The second-order valence-corrected chi connectivity index (χ2v) is 6.84. The number of amides is 1. The van der Waals surface area contributed by atoms with Crippen molar-refractivity contribution in [3.63, 3.8) is 0 Å². The van der Waals surface area contributed by atoms with Gasteiger partial charge in [0.2, 0.25) is 10.3 Å². The molecular weight excluding hydrogens is 310 g/mol. The van der Waals surface area contributed by atoms with E-state index in [1.807, 2.05) is 29.9 Å².